The minimum atomic E-state index is -0.954. The molecule has 0 spiro atoms. The van der Waals surface area contributed by atoms with Crippen molar-refractivity contribution in [2.75, 3.05) is 18.5 Å². The third kappa shape index (κ3) is 1.94. The van der Waals surface area contributed by atoms with E-state index in [2.05, 4.69) is 17.5 Å². The maximum atomic E-state index is 10.5. The van der Waals surface area contributed by atoms with Crippen molar-refractivity contribution >= 4 is 11.7 Å². The summed E-state index contributed by atoms with van der Waals surface area (Å²) in [7, 11) is 0. The van der Waals surface area contributed by atoms with Crippen LogP contribution in [-0.4, -0.2) is 24.2 Å². The minimum absolute atomic E-state index is 0.295. The van der Waals surface area contributed by atoms with Gasteiger partial charge in [-0.1, -0.05) is 12.2 Å². The van der Waals surface area contributed by atoms with Gasteiger partial charge in [0.15, 0.2) is 6.61 Å². The second kappa shape index (κ2) is 4.37. The number of ether oxygens (including phenoxy) is 1. The number of carbonyl (C=O) groups is 1. The fourth-order valence-electron chi connectivity index (χ4n) is 2.73. The van der Waals surface area contributed by atoms with E-state index >= 15 is 0 Å². The maximum absolute atomic E-state index is 10.5. The molecule has 1 aromatic carbocycles. The van der Waals surface area contributed by atoms with Gasteiger partial charge in [-0.05, 0) is 36.1 Å². The van der Waals surface area contributed by atoms with Crippen LogP contribution in [-0.2, 0) is 4.79 Å². The van der Waals surface area contributed by atoms with E-state index in [1.807, 2.05) is 18.2 Å². The van der Waals surface area contributed by atoms with Crippen LogP contribution in [0.2, 0.25) is 0 Å². The van der Waals surface area contributed by atoms with Gasteiger partial charge in [0.1, 0.15) is 5.75 Å². The van der Waals surface area contributed by atoms with E-state index in [4.69, 9.17) is 9.84 Å². The molecule has 0 saturated carbocycles. The Morgan fingerprint density at radius 3 is 3.22 bits per heavy atom. The number of fused-ring (bicyclic) bond motifs is 3. The Hall–Kier alpha value is -1.97. The first kappa shape index (κ1) is 11.1. The van der Waals surface area contributed by atoms with Crippen molar-refractivity contribution in [1.82, 2.24) is 0 Å². The summed E-state index contributed by atoms with van der Waals surface area (Å²) in [5.74, 6) is 0.727. The van der Waals surface area contributed by atoms with Crippen LogP contribution < -0.4 is 10.1 Å². The van der Waals surface area contributed by atoms with Crippen molar-refractivity contribution < 1.29 is 14.6 Å². The summed E-state index contributed by atoms with van der Waals surface area (Å²) in [6.45, 7) is 0.705. The van der Waals surface area contributed by atoms with Crippen molar-refractivity contribution in [3.8, 4) is 5.75 Å². The van der Waals surface area contributed by atoms with Gasteiger partial charge in [-0.15, -0.1) is 0 Å². The molecule has 1 heterocycles. The van der Waals surface area contributed by atoms with Crippen LogP contribution in [0.15, 0.2) is 30.4 Å². The van der Waals surface area contributed by atoms with Gasteiger partial charge in [-0.2, -0.15) is 0 Å². The number of carboxylic acids is 1. The molecule has 2 atom stereocenters. The molecular weight excluding hydrogens is 230 g/mol. The third-order valence-corrected chi connectivity index (χ3v) is 3.59. The monoisotopic (exact) mass is 245 g/mol. The summed E-state index contributed by atoms with van der Waals surface area (Å²) in [6, 6.07) is 5.74. The fraction of sp³-hybridized carbons (Fsp3) is 0.357. The summed E-state index contributed by atoms with van der Waals surface area (Å²) < 4.78 is 5.23. The average Bonchev–Trinajstić information content (AvgIpc) is 2.84. The Bertz CT molecular complexity index is 510. The molecule has 2 aliphatic rings. The molecule has 0 fully saturated rings. The number of allylic oxidation sites excluding steroid dienone is 2. The van der Waals surface area contributed by atoms with Crippen LogP contribution in [0, 0.1) is 5.92 Å². The molecule has 94 valence electrons. The van der Waals surface area contributed by atoms with Gasteiger partial charge in [-0.25, -0.2) is 4.79 Å². The van der Waals surface area contributed by atoms with Gasteiger partial charge >= 0.3 is 5.97 Å². The van der Waals surface area contributed by atoms with Crippen LogP contribution in [0.25, 0.3) is 0 Å². The molecule has 0 saturated heterocycles. The minimum Gasteiger partial charge on any atom is -0.482 e. The zero-order valence-electron chi connectivity index (χ0n) is 9.93. The third-order valence-electron chi connectivity index (χ3n) is 3.59. The molecule has 0 bridgehead atoms. The normalized spacial score (nSPS) is 24.0. The standard InChI is InChI=1S/C14H15NO3/c16-14(17)8-18-10-4-5-13-12(6-10)11-3-1-2-9(11)7-15-13/h1,3-6,9,11,15H,2,7-8H2,(H,16,17). The van der Waals surface area contributed by atoms with Gasteiger partial charge in [0.25, 0.3) is 0 Å². The van der Waals surface area contributed by atoms with E-state index in [1.165, 1.54) is 5.56 Å². The number of anilines is 1. The summed E-state index contributed by atoms with van der Waals surface area (Å²) in [6.07, 6.45) is 5.57. The van der Waals surface area contributed by atoms with Gasteiger partial charge in [-0.3, -0.25) is 0 Å². The molecule has 0 radical (unpaired) electrons. The van der Waals surface area contributed by atoms with Gasteiger partial charge in [0.2, 0.25) is 0 Å². The number of benzene rings is 1. The van der Waals surface area contributed by atoms with E-state index in [-0.39, 0.29) is 6.61 Å². The van der Waals surface area contributed by atoms with Gasteiger partial charge in [0, 0.05) is 18.2 Å². The summed E-state index contributed by atoms with van der Waals surface area (Å²) in [5.41, 5.74) is 2.34. The van der Waals surface area contributed by atoms with Crippen molar-refractivity contribution in [3.63, 3.8) is 0 Å². The maximum Gasteiger partial charge on any atom is 0.341 e. The fourth-order valence-corrected chi connectivity index (χ4v) is 2.73. The number of rotatable bonds is 3. The van der Waals surface area contributed by atoms with Crippen LogP contribution in [0.1, 0.15) is 17.9 Å². The lowest BCUT2D eigenvalue weighted by molar-refractivity contribution is -0.139. The zero-order valence-corrected chi connectivity index (χ0v) is 9.93. The van der Waals surface area contributed by atoms with E-state index in [1.54, 1.807) is 0 Å². The molecule has 1 aliphatic carbocycles. The quantitative estimate of drug-likeness (QED) is 0.802. The highest BCUT2D eigenvalue weighted by Gasteiger charge is 2.30. The largest absolute Gasteiger partial charge is 0.482 e. The highest BCUT2D eigenvalue weighted by atomic mass is 16.5. The zero-order chi connectivity index (χ0) is 12.5. The van der Waals surface area contributed by atoms with Crippen molar-refractivity contribution in [1.29, 1.82) is 0 Å². The Labute approximate surface area is 105 Å². The molecular formula is C14H15NO3. The van der Waals surface area contributed by atoms with Gasteiger partial charge < -0.3 is 15.2 Å². The number of aliphatic carboxylic acids is 1. The van der Waals surface area contributed by atoms with Crippen LogP contribution in [0.4, 0.5) is 5.69 Å². The molecule has 4 nitrogen and oxygen atoms in total. The predicted molar refractivity (Wildman–Crippen MR) is 68.1 cm³/mol. The summed E-state index contributed by atoms with van der Waals surface area (Å²) >= 11 is 0. The molecule has 2 unspecified atom stereocenters. The number of hydrogen-bond acceptors (Lipinski definition) is 3. The highest BCUT2D eigenvalue weighted by Crippen LogP contribution is 2.42. The summed E-state index contributed by atoms with van der Waals surface area (Å²) in [5, 5.41) is 12.0. The second-order valence-corrected chi connectivity index (χ2v) is 4.76. The highest BCUT2D eigenvalue weighted by molar-refractivity contribution is 5.68. The Balaban J connectivity index is 1.86. The molecule has 0 amide bonds. The number of carboxylic acid groups (broad SMARTS) is 1. The van der Waals surface area contributed by atoms with E-state index in [9.17, 15) is 4.79 Å². The van der Waals surface area contributed by atoms with Crippen molar-refractivity contribution in [3.05, 3.63) is 35.9 Å². The van der Waals surface area contributed by atoms with Crippen LogP contribution >= 0.6 is 0 Å². The molecule has 3 rings (SSSR count). The Morgan fingerprint density at radius 1 is 1.50 bits per heavy atom. The van der Waals surface area contributed by atoms with E-state index in [0.29, 0.717) is 17.6 Å². The molecule has 4 heteroatoms. The summed E-state index contributed by atoms with van der Waals surface area (Å²) in [4.78, 5) is 10.5. The van der Waals surface area contributed by atoms with Crippen molar-refractivity contribution in [2.24, 2.45) is 5.92 Å². The Kier molecular flexibility index (Phi) is 2.70. The molecule has 1 aromatic rings. The van der Waals surface area contributed by atoms with Gasteiger partial charge in [0.05, 0.1) is 0 Å². The molecule has 1 aliphatic heterocycles. The topological polar surface area (TPSA) is 58.6 Å². The SMILES string of the molecule is O=C(O)COc1ccc2c(c1)C1C=CCC1CN2. The lowest BCUT2D eigenvalue weighted by Crippen LogP contribution is -2.24. The lowest BCUT2D eigenvalue weighted by Gasteiger charge is -2.29. The molecule has 0 aromatic heterocycles. The smallest absolute Gasteiger partial charge is 0.341 e. The lowest BCUT2D eigenvalue weighted by atomic mass is 9.84. The van der Waals surface area contributed by atoms with Crippen LogP contribution in [0.3, 0.4) is 0 Å². The first-order valence-electron chi connectivity index (χ1n) is 6.13. The molecule has 2 N–H and O–H groups in total. The second-order valence-electron chi connectivity index (χ2n) is 4.76. The first-order valence-corrected chi connectivity index (χ1v) is 6.13. The average molecular weight is 245 g/mol. The number of hydrogen-bond donors (Lipinski definition) is 2. The van der Waals surface area contributed by atoms with E-state index < -0.39 is 5.97 Å². The first-order chi connectivity index (χ1) is 8.74. The Morgan fingerprint density at radius 2 is 2.39 bits per heavy atom. The predicted octanol–water partition coefficient (Wildman–Crippen LogP) is 2.24. The van der Waals surface area contributed by atoms with E-state index in [0.717, 1.165) is 18.7 Å². The number of nitrogens with one attached hydrogen (secondary N) is 1. The van der Waals surface area contributed by atoms with Crippen molar-refractivity contribution in [2.45, 2.75) is 12.3 Å². The van der Waals surface area contributed by atoms with Crippen LogP contribution in [0.5, 0.6) is 5.75 Å². The molecule has 18 heavy (non-hydrogen) atoms.